The summed E-state index contributed by atoms with van der Waals surface area (Å²) in [5.41, 5.74) is 0.925. The zero-order chi connectivity index (χ0) is 18.4. The van der Waals surface area contributed by atoms with E-state index in [9.17, 15) is 9.59 Å². The lowest BCUT2D eigenvalue weighted by Crippen LogP contribution is -2.39. The van der Waals surface area contributed by atoms with Gasteiger partial charge in [-0.05, 0) is 46.1 Å². The largest absolute Gasteiger partial charge is 0.457 e. The molecule has 0 saturated carbocycles. The van der Waals surface area contributed by atoms with Crippen LogP contribution >= 0.6 is 0 Å². The summed E-state index contributed by atoms with van der Waals surface area (Å²) in [6, 6.07) is 9.42. The van der Waals surface area contributed by atoms with Gasteiger partial charge in [-0.25, -0.2) is 9.59 Å². The van der Waals surface area contributed by atoms with E-state index in [1.165, 1.54) is 0 Å². The van der Waals surface area contributed by atoms with Gasteiger partial charge in [0.1, 0.15) is 12.2 Å². The molecule has 1 fully saturated rings. The van der Waals surface area contributed by atoms with Crippen LogP contribution in [0.25, 0.3) is 0 Å². The Balaban J connectivity index is 1.94. The highest BCUT2D eigenvalue weighted by Crippen LogP contribution is 2.23. The number of hydrogen-bond donors (Lipinski definition) is 0. The fourth-order valence-electron chi connectivity index (χ4n) is 2.71. The molecule has 5 heteroatoms. The summed E-state index contributed by atoms with van der Waals surface area (Å²) >= 11 is 0. The van der Waals surface area contributed by atoms with E-state index >= 15 is 0 Å². The Morgan fingerprint density at radius 3 is 2.56 bits per heavy atom. The Labute approximate surface area is 149 Å². The average Bonchev–Trinajstić information content (AvgIpc) is 3.00. The molecule has 0 N–H and O–H groups in total. The van der Waals surface area contributed by atoms with Crippen LogP contribution in [0, 0.1) is 0 Å². The Morgan fingerprint density at radius 2 is 1.92 bits per heavy atom. The maximum atomic E-state index is 12.3. The fraction of sp³-hybridized carbons (Fsp3) is 0.500. The van der Waals surface area contributed by atoms with E-state index in [1.54, 1.807) is 11.8 Å². The lowest BCUT2D eigenvalue weighted by Gasteiger charge is -2.27. The highest BCUT2D eigenvalue weighted by Gasteiger charge is 2.31. The molecule has 1 amide bonds. The molecule has 1 aromatic carbocycles. The van der Waals surface area contributed by atoms with Crippen molar-refractivity contribution < 1.29 is 19.1 Å². The minimum atomic E-state index is -0.530. The molecule has 0 radical (unpaired) electrons. The molecule has 1 saturated heterocycles. The number of esters is 1. The van der Waals surface area contributed by atoms with E-state index in [-0.39, 0.29) is 24.7 Å². The molecular formula is C20H27NO4. The number of likely N-dealkylation sites (tertiary alicyclic amines) is 1. The molecule has 0 unspecified atom stereocenters. The summed E-state index contributed by atoms with van der Waals surface area (Å²) in [6.07, 6.45) is 3.19. The minimum absolute atomic E-state index is 0.126. The van der Waals surface area contributed by atoms with Gasteiger partial charge in [-0.3, -0.25) is 0 Å². The summed E-state index contributed by atoms with van der Waals surface area (Å²) in [4.78, 5) is 26.2. The Bertz CT molecular complexity index is 631. The van der Waals surface area contributed by atoms with Gasteiger partial charge in [-0.15, -0.1) is 0 Å². The van der Waals surface area contributed by atoms with Gasteiger partial charge in [0.25, 0.3) is 0 Å². The predicted octanol–water partition coefficient (Wildman–Crippen LogP) is 4.08. The van der Waals surface area contributed by atoms with Crippen LogP contribution in [-0.2, 0) is 20.9 Å². The second-order valence-corrected chi connectivity index (χ2v) is 7.29. The van der Waals surface area contributed by atoms with Crippen LogP contribution in [0.1, 0.15) is 46.1 Å². The molecule has 1 aromatic rings. The van der Waals surface area contributed by atoms with Crippen LogP contribution in [0.3, 0.4) is 0 Å². The number of benzene rings is 1. The summed E-state index contributed by atoms with van der Waals surface area (Å²) in [5, 5.41) is 0. The number of nitrogens with zero attached hydrogens (tertiary/aromatic N) is 1. The molecule has 2 rings (SSSR count). The molecule has 1 aliphatic heterocycles. The molecule has 1 aliphatic rings. The molecule has 136 valence electrons. The third kappa shape index (κ3) is 5.93. The third-order valence-electron chi connectivity index (χ3n) is 3.90. The Hall–Kier alpha value is -2.30. The zero-order valence-corrected chi connectivity index (χ0v) is 15.5. The van der Waals surface area contributed by atoms with Gasteiger partial charge in [-0.2, -0.15) is 0 Å². The summed E-state index contributed by atoms with van der Waals surface area (Å²) in [7, 11) is 0. The van der Waals surface area contributed by atoms with Crippen molar-refractivity contribution in [3.05, 3.63) is 47.5 Å². The topological polar surface area (TPSA) is 55.8 Å². The van der Waals surface area contributed by atoms with E-state index < -0.39 is 5.60 Å². The van der Waals surface area contributed by atoms with Crippen LogP contribution in [0.15, 0.2) is 42.0 Å². The van der Waals surface area contributed by atoms with Gasteiger partial charge < -0.3 is 14.4 Å². The van der Waals surface area contributed by atoms with Crippen molar-refractivity contribution in [2.24, 2.45) is 0 Å². The monoisotopic (exact) mass is 345 g/mol. The highest BCUT2D eigenvalue weighted by atomic mass is 16.6. The first-order valence-corrected chi connectivity index (χ1v) is 8.65. The SMILES string of the molecule is C/C(=C\[C@@H]1CCCN1C(=O)OC(C)(C)C)C(=O)OCc1ccccc1. The van der Waals surface area contributed by atoms with E-state index in [4.69, 9.17) is 9.47 Å². The number of ether oxygens (including phenoxy) is 2. The molecule has 1 heterocycles. The van der Waals surface area contributed by atoms with E-state index in [2.05, 4.69) is 0 Å². The van der Waals surface area contributed by atoms with Crippen LogP contribution in [0.2, 0.25) is 0 Å². The quantitative estimate of drug-likeness (QED) is 0.609. The predicted molar refractivity (Wildman–Crippen MR) is 96.0 cm³/mol. The molecule has 0 aliphatic carbocycles. The molecular weight excluding hydrogens is 318 g/mol. The van der Waals surface area contributed by atoms with Gasteiger partial charge in [0, 0.05) is 12.1 Å². The van der Waals surface area contributed by atoms with Gasteiger partial charge in [0.2, 0.25) is 0 Å². The fourth-order valence-corrected chi connectivity index (χ4v) is 2.71. The third-order valence-corrected chi connectivity index (χ3v) is 3.90. The lowest BCUT2D eigenvalue weighted by molar-refractivity contribution is -0.140. The molecule has 0 aromatic heterocycles. The Kier molecular flexibility index (Phi) is 6.23. The Morgan fingerprint density at radius 1 is 1.24 bits per heavy atom. The number of carbonyl (C=O) groups excluding carboxylic acids is 2. The second-order valence-electron chi connectivity index (χ2n) is 7.29. The molecule has 5 nitrogen and oxygen atoms in total. The first-order chi connectivity index (χ1) is 11.8. The van der Waals surface area contributed by atoms with Crippen LogP contribution in [0.5, 0.6) is 0 Å². The van der Waals surface area contributed by atoms with Crippen molar-refractivity contribution in [1.29, 1.82) is 0 Å². The summed E-state index contributed by atoms with van der Waals surface area (Å²) in [6.45, 7) is 8.14. The first-order valence-electron chi connectivity index (χ1n) is 8.65. The highest BCUT2D eigenvalue weighted by molar-refractivity contribution is 5.88. The first kappa shape index (κ1) is 19.0. The number of amides is 1. The number of rotatable bonds is 4. The van der Waals surface area contributed by atoms with Crippen LogP contribution in [-0.4, -0.2) is 35.2 Å². The number of carbonyl (C=O) groups is 2. The number of hydrogen-bond acceptors (Lipinski definition) is 4. The second kappa shape index (κ2) is 8.19. The molecule has 0 spiro atoms. The van der Waals surface area contributed by atoms with Gasteiger partial charge in [0.15, 0.2) is 0 Å². The minimum Gasteiger partial charge on any atom is -0.457 e. The smallest absolute Gasteiger partial charge is 0.410 e. The summed E-state index contributed by atoms with van der Waals surface area (Å²) in [5.74, 6) is -0.361. The van der Waals surface area contributed by atoms with E-state index in [1.807, 2.05) is 57.2 Å². The van der Waals surface area contributed by atoms with E-state index in [0.29, 0.717) is 12.1 Å². The normalized spacial score (nSPS) is 18.2. The van der Waals surface area contributed by atoms with Gasteiger partial charge in [0.05, 0.1) is 6.04 Å². The maximum absolute atomic E-state index is 12.3. The lowest BCUT2D eigenvalue weighted by atomic mass is 10.1. The maximum Gasteiger partial charge on any atom is 0.410 e. The van der Waals surface area contributed by atoms with Gasteiger partial charge in [-0.1, -0.05) is 36.4 Å². The summed E-state index contributed by atoms with van der Waals surface area (Å²) < 4.78 is 10.8. The van der Waals surface area contributed by atoms with Crippen LogP contribution < -0.4 is 0 Å². The average molecular weight is 345 g/mol. The molecule has 25 heavy (non-hydrogen) atoms. The molecule has 0 bridgehead atoms. The van der Waals surface area contributed by atoms with Crippen molar-refractivity contribution >= 4 is 12.1 Å². The van der Waals surface area contributed by atoms with Crippen molar-refractivity contribution in [2.45, 2.75) is 58.8 Å². The standard InChI is InChI=1S/C20H27NO4/c1-15(18(22)24-14-16-9-6-5-7-10-16)13-17-11-8-12-21(17)19(23)25-20(2,3)4/h5-7,9-10,13,17H,8,11-12,14H2,1-4H3/b15-13+/t17-/m0/s1. The zero-order valence-electron chi connectivity index (χ0n) is 15.5. The van der Waals surface area contributed by atoms with Crippen molar-refractivity contribution in [3.63, 3.8) is 0 Å². The van der Waals surface area contributed by atoms with E-state index in [0.717, 1.165) is 18.4 Å². The van der Waals surface area contributed by atoms with Crippen LogP contribution in [0.4, 0.5) is 4.79 Å². The van der Waals surface area contributed by atoms with Crippen molar-refractivity contribution in [3.8, 4) is 0 Å². The molecule has 1 atom stereocenters. The van der Waals surface area contributed by atoms with Crippen molar-refractivity contribution in [1.82, 2.24) is 4.90 Å². The van der Waals surface area contributed by atoms with Gasteiger partial charge >= 0.3 is 12.1 Å². The van der Waals surface area contributed by atoms with Crippen molar-refractivity contribution in [2.75, 3.05) is 6.54 Å².